The van der Waals surface area contributed by atoms with Gasteiger partial charge in [0.2, 0.25) is 0 Å². The van der Waals surface area contributed by atoms with Gasteiger partial charge in [0.25, 0.3) is 0 Å². The molecule has 0 saturated heterocycles. The van der Waals surface area contributed by atoms with Crippen molar-refractivity contribution in [2.45, 2.75) is 19.4 Å². The van der Waals surface area contributed by atoms with Gasteiger partial charge in [-0.15, -0.1) is 0 Å². The van der Waals surface area contributed by atoms with Crippen LogP contribution in [0.4, 0.5) is 4.39 Å². The zero-order chi connectivity index (χ0) is 11.6. The third kappa shape index (κ3) is 3.01. The van der Waals surface area contributed by atoms with Gasteiger partial charge >= 0.3 is 7.12 Å². The summed E-state index contributed by atoms with van der Waals surface area (Å²) in [7, 11) is -1.83. The van der Waals surface area contributed by atoms with Crippen LogP contribution in [0.2, 0.25) is 0 Å². The van der Waals surface area contributed by atoms with Crippen LogP contribution in [0.3, 0.4) is 0 Å². The van der Waals surface area contributed by atoms with Crippen molar-refractivity contribution in [3.8, 4) is 0 Å². The van der Waals surface area contributed by atoms with Gasteiger partial charge in [0, 0.05) is 16.0 Å². The lowest BCUT2D eigenvalue weighted by Crippen LogP contribution is -2.35. The standard InChI is InChI=1S/C9H12BBrFNO2/c1-5(13)4-6-2-3-7(11)8(9(6)12)10(14)15/h2-3,5,14-15H,4,13H2,1H3. The molecule has 82 valence electrons. The van der Waals surface area contributed by atoms with Crippen molar-refractivity contribution < 1.29 is 14.4 Å². The Morgan fingerprint density at radius 2 is 2.13 bits per heavy atom. The van der Waals surface area contributed by atoms with Crippen LogP contribution in [0.15, 0.2) is 16.6 Å². The second-order valence-corrected chi connectivity index (χ2v) is 4.34. The fourth-order valence-electron chi connectivity index (χ4n) is 1.36. The van der Waals surface area contributed by atoms with Crippen molar-refractivity contribution in [3.63, 3.8) is 0 Å². The molecule has 1 unspecified atom stereocenters. The summed E-state index contributed by atoms with van der Waals surface area (Å²) in [6, 6.07) is 2.98. The Balaban J connectivity index is 3.16. The van der Waals surface area contributed by atoms with Gasteiger partial charge in [-0.05, 0) is 25.0 Å². The van der Waals surface area contributed by atoms with Gasteiger partial charge in [-0.25, -0.2) is 4.39 Å². The number of hydrogen-bond donors (Lipinski definition) is 3. The van der Waals surface area contributed by atoms with E-state index in [1.165, 1.54) is 0 Å². The molecule has 0 heterocycles. The largest absolute Gasteiger partial charge is 0.492 e. The smallest absolute Gasteiger partial charge is 0.423 e. The Hall–Kier alpha value is -0.425. The monoisotopic (exact) mass is 275 g/mol. The maximum Gasteiger partial charge on any atom is 0.492 e. The summed E-state index contributed by atoms with van der Waals surface area (Å²) < 4.78 is 14.1. The molecule has 1 atom stereocenters. The minimum atomic E-state index is -1.83. The molecule has 3 nitrogen and oxygen atoms in total. The van der Waals surface area contributed by atoms with E-state index in [-0.39, 0.29) is 11.5 Å². The van der Waals surface area contributed by atoms with E-state index in [2.05, 4.69) is 15.9 Å². The van der Waals surface area contributed by atoms with Crippen molar-refractivity contribution >= 4 is 28.5 Å². The number of benzene rings is 1. The van der Waals surface area contributed by atoms with Crippen molar-refractivity contribution in [3.05, 3.63) is 28.0 Å². The molecule has 0 bridgehead atoms. The Bertz CT molecular complexity index is 360. The van der Waals surface area contributed by atoms with Gasteiger partial charge in [-0.2, -0.15) is 0 Å². The van der Waals surface area contributed by atoms with Crippen molar-refractivity contribution in [1.29, 1.82) is 0 Å². The number of hydrogen-bond acceptors (Lipinski definition) is 3. The molecular formula is C9H12BBrFNO2. The Morgan fingerprint density at radius 1 is 1.53 bits per heavy atom. The molecule has 0 fully saturated rings. The number of rotatable bonds is 3. The molecule has 1 rings (SSSR count). The quantitative estimate of drug-likeness (QED) is 0.689. The van der Waals surface area contributed by atoms with Crippen molar-refractivity contribution in [2.24, 2.45) is 5.73 Å². The van der Waals surface area contributed by atoms with E-state index in [1.807, 2.05) is 0 Å². The minimum Gasteiger partial charge on any atom is -0.423 e. The van der Waals surface area contributed by atoms with Crippen LogP contribution in [0.1, 0.15) is 12.5 Å². The molecule has 0 saturated carbocycles. The molecule has 0 aliphatic carbocycles. The van der Waals surface area contributed by atoms with Crippen LogP contribution in [0.5, 0.6) is 0 Å². The van der Waals surface area contributed by atoms with Crippen molar-refractivity contribution in [2.75, 3.05) is 0 Å². The molecule has 4 N–H and O–H groups in total. The van der Waals surface area contributed by atoms with Crippen molar-refractivity contribution in [1.82, 2.24) is 0 Å². The summed E-state index contributed by atoms with van der Waals surface area (Å²) in [5, 5.41) is 18.0. The van der Waals surface area contributed by atoms with Gasteiger partial charge in [-0.1, -0.05) is 22.0 Å². The third-order valence-electron chi connectivity index (χ3n) is 2.01. The number of halogens is 2. The molecular weight excluding hydrogens is 264 g/mol. The maximum atomic E-state index is 13.7. The van der Waals surface area contributed by atoms with Gasteiger partial charge in [-0.3, -0.25) is 0 Å². The molecule has 0 aromatic heterocycles. The van der Waals surface area contributed by atoms with Gasteiger partial charge < -0.3 is 15.8 Å². The second-order valence-electron chi connectivity index (χ2n) is 3.49. The van der Waals surface area contributed by atoms with Crippen LogP contribution < -0.4 is 11.2 Å². The highest BCUT2D eigenvalue weighted by Crippen LogP contribution is 2.15. The lowest BCUT2D eigenvalue weighted by Gasteiger charge is -2.11. The molecule has 0 spiro atoms. The van der Waals surface area contributed by atoms with Crippen LogP contribution in [-0.2, 0) is 6.42 Å². The first-order valence-corrected chi connectivity index (χ1v) is 5.31. The van der Waals surface area contributed by atoms with Crippen LogP contribution in [0.25, 0.3) is 0 Å². The third-order valence-corrected chi connectivity index (χ3v) is 2.70. The summed E-state index contributed by atoms with van der Waals surface area (Å²) in [6.45, 7) is 1.76. The van der Waals surface area contributed by atoms with E-state index in [4.69, 9.17) is 15.8 Å². The SMILES string of the molecule is CC(N)Cc1ccc(Br)c(B(O)O)c1F. The molecule has 15 heavy (non-hydrogen) atoms. The summed E-state index contributed by atoms with van der Waals surface area (Å²) in [4.78, 5) is 0. The van der Waals surface area contributed by atoms with Gasteiger partial charge in [0.05, 0.1) is 0 Å². The first kappa shape index (κ1) is 12.6. The van der Waals surface area contributed by atoms with E-state index in [0.717, 1.165) is 0 Å². The predicted octanol–water partition coefficient (Wildman–Crippen LogP) is 0.158. The molecule has 1 aromatic rings. The molecule has 1 aromatic carbocycles. The van der Waals surface area contributed by atoms with E-state index in [9.17, 15) is 4.39 Å². The van der Waals surface area contributed by atoms with Gasteiger partial charge in [0.15, 0.2) is 0 Å². The minimum absolute atomic E-state index is 0.145. The Labute approximate surface area is 96.4 Å². The normalized spacial score (nSPS) is 12.7. The molecule has 0 radical (unpaired) electrons. The lowest BCUT2D eigenvalue weighted by atomic mass is 9.78. The molecule has 0 aliphatic rings. The highest BCUT2D eigenvalue weighted by molar-refractivity contribution is 9.10. The van der Waals surface area contributed by atoms with Crippen LogP contribution >= 0.6 is 15.9 Å². The first-order chi connectivity index (χ1) is 6.93. The average molecular weight is 276 g/mol. The fraction of sp³-hybridized carbons (Fsp3) is 0.333. The Morgan fingerprint density at radius 3 is 2.60 bits per heavy atom. The maximum absolute atomic E-state index is 13.7. The highest BCUT2D eigenvalue weighted by Gasteiger charge is 2.22. The summed E-state index contributed by atoms with van der Waals surface area (Å²) in [6.07, 6.45) is 0.360. The van der Waals surface area contributed by atoms with E-state index in [1.54, 1.807) is 19.1 Å². The predicted molar refractivity (Wildman–Crippen MR) is 61.3 cm³/mol. The number of nitrogens with two attached hydrogens (primary N) is 1. The molecule has 6 heteroatoms. The van der Waals surface area contributed by atoms with E-state index in [0.29, 0.717) is 16.5 Å². The van der Waals surface area contributed by atoms with Crippen LogP contribution in [-0.4, -0.2) is 23.2 Å². The zero-order valence-corrected chi connectivity index (χ0v) is 9.83. The lowest BCUT2D eigenvalue weighted by molar-refractivity contribution is 0.422. The summed E-state index contributed by atoms with van der Waals surface area (Å²) in [5.41, 5.74) is 5.79. The summed E-state index contributed by atoms with van der Waals surface area (Å²) >= 11 is 3.06. The van der Waals surface area contributed by atoms with E-state index < -0.39 is 12.9 Å². The van der Waals surface area contributed by atoms with Crippen LogP contribution in [0, 0.1) is 5.82 Å². The fourth-order valence-corrected chi connectivity index (χ4v) is 1.87. The summed E-state index contributed by atoms with van der Waals surface area (Å²) in [5.74, 6) is -0.614. The zero-order valence-electron chi connectivity index (χ0n) is 8.24. The average Bonchev–Trinajstić information content (AvgIpc) is 2.09. The second kappa shape index (κ2) is 5.07. The topological polar surface area (TPSA) is 66.5 Å². The molecule has 0 aliphatic heterocycles. The first-order valence-electron chi connectivity index (χ1n) is 4.52. The van der Waals surface area contributed by atoms with E-state index >= 15 is 0 Å². The molecule has 0 amide bonds. The van der Waals surface area contributed by atoms with Gasteiger partial charge in [0.1, 0.15) is 5.82 Å². The highest BCUT2D eigenvalue weighted by atomic mass is 79.9. The Kier molecular flexibility index (Phi) is 4.27.